The van der Waals surface area contributed by atoms with Crippen LogP contribution in [0.2, 0.25) is 0 Å². The van der Waals surface area contributed by atoms with E-state index in [-0.39, 0.29) is 0 Å². The molecule has 1 saturated heterocycles. The average Bonchev–Trinajstić information content (AvgIpc) is 3.24. The van der Waals surface area contributed by atoms with Crippen molar-refractivity contribution in [2.24, 2.45) is 11.8 Å². The summed E-state index contributed by atoms with van der Waals surface area (Å²) in [7, 11) is 3.48. The van der Waals surface area contributed by atoms with Crippen molar-refractivity contribution < 1.29 is 9.47 Å². The van der Waals surface area contributed by atoms with Crippen molar-refractivity contribution in [3.63, 3.8) is 0 Å². The molecule has 1 unspecified atom stereocenters. The van der Waals surface area contributed by atoms with Crippen LogP contribution in [0.25, 0.3) is 0 Å². The number of benzene rings is 1. The quantitative estimate of drug-likeness (QED) is 0.836. The van der Waals surface area contributed by atoms with E-state index in [1.807, 2.05) is 6.07 Å². The van der Waals surface area contributed by atoms with Crippen molar-refractivity contribution in [1.29, 1.82) is 0 Å². The number of fused-ring (bicyclic) bond motifs is 2. The van der Waals surface area contributed by atoms with Gasteiger partial charge in [0, 0.05) is 12.1 Å². The van der Waals surface area contributed by atoms with Gasteiger partial charge in [0.15, 0.2) is 0 Å². The van der Waals surface area contributed by atoms with E-state index >= 15 is 0 Å². The second-order valence-corrected chi connectivity index (χ2v) is 7.66. The number of likely N-dealkylation sites (tertiary alicyclic amines) is 1. The first-order valence-corrected chi connectivity index (χ1v) is 9.24. The van der Waals surface area contributed by atoms with Crippen LogP contribution in [-0.4, -0.2) is 38.3 Å². The molecule has 3 atom stereocenters. The third-order valence-corrected chi connectivity index (χ3v) is 6.58. The molecule has 0 N–H and O–H groups in total. The normalized spacial score (nSPS) is 31.5. The van der Waals surface area contributed by atoms with Gasteiger partial charge in [-0.05, 0) is 74.6 Å². The molecule has 1 aliphatic heterocycles. The summed E-state index contributed by atoms with van der Waals surface area (Å²) in [6.45, 7) is 2.52. The zero-order valence-corrected chi connectivity index (χ0v) is 14.5. The number of nitrogens with zero attached hydrogens (tertiary/aromatic N) is 1. The Hall–Kier alpha value is -1.22. The number of methoxy groups -OCH3 is 2. The molecule has 2 bridgehead atoms. The van der Waals surface area contributed by atoms with Gasteiger partial charge in [-0.1, -0.05) is 12.5 Å². The fourth-order valence-corrected chi connectivity index (χ4v) is 5.36. The van der Waals surface area contributed by atoms with Crippen molar-refractivity contribution in [3.8, 4) is 11.5 Å². The predicted molar refractivity (Wildman–Crippen MR) is 92.3 cm³/mol. The molecular weight excluding hydrogens is 286 g/mol. The summed E-state index contributed by atoms with van der Waals surface area (Å²) in [6.07, 6.45) is 8.49. The van der Waals surface area contributed by atoms with E-state index in [0.29, 0.717) is 5.92 Å². The Morgan fingerprint density at radius 1 is 0.957 bits per heavy atom. The minimum atomic E-state index is 0.630. The third-order valence-electron chi connectivity index (χ3n) is 6.58. The van der Waals surface area contributed by atoms with Gasteiger partial charge in [0.1, 0.15) is 11.5 Å². The van der Waals surface area contributed by atoms with Gasteiger partial charge in [-0.2, -0.15) is 0 Å². The summed E-state index contributed by atoms with van der Waals surface area (Å²) in [6, 6.07) is 7.19. The molecule has 1 aromatic carbocycles. The molecule has 0 amide bonds. The molecule has 1 heterocycles. The number of rotatable bonds is 4. The Morgan fingerprint density at radius 3 is 2.39 bits per heavy atom. The van der Waals surface area contributed by atoms with E-state index in [4.69, 9.17) is 9.47 Å². The smallest absolute Gasteiger partial charge is 0.126 e. The van der Waals surface area contributed by atoms with Gasteiger partial charge in [-0.3, -0.25) is 0 Å². The summed E-state index contributed by atoms with van der Waals surface area (Å²) in [5.74, 6) is 4.55. The zero-order valence-electron chi connectivity index (χ0n) is 14.5. The fourth-order valence-electron chi connectivity index (χ4n) is 5.36. The average molecular weight is 315 g/mol. The lowest BCUT2D eigenvalue weighted by molar-refractivity contribution is 0.110. The van der Waals surface area contributed by atoms with E-state index < -0.39 is 0 Å². The lowest BCUT2D eigenvalue weighted by Gasteiger charge is -2.40. The predicted octanol–water partition coefficient (Wildman–Crippen LogP) is 4.07. The molecule has 2 saturated carbocycles. The standard InChI is InChI=1S/C20H29NO2/c1-22-17-5-6-18(20(13-17)23-2)15-7-9-21(10-8-15)19-12-14-3-4-16(19)11-14/h5-6,13-16,19H,3-4,7-12H2,1-2H3/t14-,16-,19?/m0/s1. The van der Waals surface area contributed by atoms with Gasteiger partial charge in [0.05, 0.1) is 14.2 Å². The van der Waals surface area contributed by atoms with Gasteiger partial charge in [0.25, 0.3) is 0 Å². The first kappa shape index (κ1) is 15.3. The van der Waals surface area contributed by atoms with Gasteiger partial charge in [-0.25, -0.2) is 0 Å². The minimum absolute atomic E-state index is 0.630. The molecule has 1 aromatic rings. The Morgan fingerprint density at radius 2 is 1.78 bits per heavy atom. The molecule has 2 aliphatic carbocycles. The van der Waals surface area contributed by atoms with Gasteiger partial charge < -0.3 is 14.4 Å². The molecule has 0 radical (unpaired) electrons. The summed E-state index contributed by atoms with van der Waals surface area (Å²) < 4.78 is 10.9. The molecule has 3 aliphatic rings. The van der Waals surface area contributed by atoms with E-state index in [9.17, 15) is 0 Å². The maximum atomic E-state index is 5.61. The van der Waals surface area contributed by atoms with Crippen LogP contribution in [0.15, 0.2) is 18.2 Å². The van der Waals surface area contributed by atoms with E-state index in [0.717, 1.165) is 29.4 Å². The van der Waals surface area contributed by atoms with Crippen LogP contribution in [0, 0.1) is 11.8 Å². The topological polar surface area (TPSA) is 21.7 Å². The summed E-state index contributed by atoms with van der Waals surface area (Å²) in [5, 5.41) is 0. The molecule has 0 spiro atoms. The number of piperidine rings is 1. The van der Waals surface area contributed by atoms with Crippen LogP contribution in [0.3, 0.4) is 0 Å². The Balaban J connectivity index is 1.41. The highest BCUT2D eigenvalue weighted by Gasteiger charge is 2.43. The van der Waals surface area contributed by atoms with Gasteiger partial charge in [0.2, 0.25) is 0 Å². The third kappa shape index (κ3) is 2.84. The van der Waals surface area contributed by atoms with Crippen molar-refractivity contribution in [2.45, 2.75) is 50.5 Å². The highest BCUT2D eigenvalue weighted by Crippen LogP contribution is 2.48. The van der Waals surface area contributed by atoms with Crippen LogP contribution in [0.1, 0.15) is 50.0 Å². The second kappa shape index (κ2) is 6.35. The molecule has 126 valence electrons. The first-order valence-electron chi connectivity index (χ1n) is 9.24. The maximum absolute atomic E-state index is 5.61. The largest absolute Gasteiger partial charge is 0.497 e. The molecule has 0 aromatic heterocycles. The number of hydrogen-bond acceptors (Lipinski definition) is 3. The monoisotopic (exact) mass is 315 g/mol. The number of ether oxygens (including phenoxy) is 2. The second-order valence-electron chi connectivity index (χ2n) is 7.66. The Labute approximate surface area is 140 Å². The maximum Gasteiger partial charge on any atom is 0.126 e. The summed E-state index contributed by atoms with van der Waals surface area (Å²) in [5.41, 5.74) is 1.36. The highest BCUT2D eigenvalue weighted by atomic mass is 16.5. The van der Waals surface area contributed by atoms with E-state index in [1.54, 1.807) is 14.2 Å². The van der Waals surface area contributed by atoms with Crippen LogP contribution < -0.4 is 9.47 Å². The van der Waals surface area contributed by atoms with Crippen LogP contribution in [0.4, 0.5) is 0 Å². The fraction of sp³-hybridized carbons (Fsp3) is 0.700. The first-order chi connectivity index (χ1) is 11.3. The zero-order chi connectivity index (χ0) is 15.8. The molecular formula is C20H29NO2. The Kier molecular flexibility index (Phi) is 4.23. The Bertz CT molecular complexity index is 551. The molecule has 23 heavy (non-hydrogen) atoms. The molecule has 3 fully saturated rings. The molecule has 3 heteroatoms. The van der Waals surface area contributed by atoms with Gasteiger partial charge in [-0.15, -0.1) is 0 Å². The van der Waals surface area contributed by atoms with Crippen molar-refractivity contribution in [3.05, 3.63) is 23.8 Å². The van der Waals surface area contributed by atoms with E-state index in [2.05, 4.69) is 17.0 Å². The highest BCUT2D eigenvalue weighted by molar-refractivity contribution is 5.43. The lowest BCUT2D eigenvalue weighted by atomic mass is 9.86. The summed E-state index contributed by atoms with van der Waals surface area (Å²) >= 11 is 0. The van der Waals surface area contributed by atoms with Crippen molar-refractivity contribution in [2.75, 3.05) is 27.3 Å². The van der Waals surface area contributed by atoms with Crippen LogP contribution in [0.5, 0.6) is 11.5 Å². The van der Waals surface area contributed by atoms with Crippen molar-refractivity contribution in [1.82, 2.24) is 4.90 Å². The van der Waals surface area contributed by atoms with Crippen molar-refractivity contribution >= 4 is 0 Å². The van der Waals surface area contributed by atoms with Crippen LogP contribution >= 0.6 is 0 Å². The van der Waals surface area contributed by atoms with Crippen LogP contribution in [-0.2, 0) is 0 Å². The SMILES string of the molecule is COc1ccc(C2CCN(C3C[C@H]4CC[C@H]3C4)CC2)c(OC)c1. The summed E-state index contributed by atoms with van der Waals surface area (Å²) in [4.78, 5) is 2.80. The van der Waals surface area contributed by atoms with E-state index in [1.165, 1.54) is 57.2 Å². The number of hydrogen-bond donors (Lipinski definition) is 0. The minimum Gasteiger partial charge on any atom is -0.497 e. The molecule has 4 rings (SSSR count). The lowest BCUT2D eigenvalue weighted by Crippen LogP contribution is -2.43. The molecule has 3 nitrogen and oxygen atoms in total. The van der Waals surface area contributed by atoms with Gasteiger partial charge >= 0.3 is 0 Å².